The zero-order valence-electron chi connectivity index (χ0n) is 16.1. The first kappa shape index (κ1) is 21.9. The van der Waals surface area contributed by atoms with E-state index in [1.807, 2.05) is 24.3 Å². The van der Waals surface area contributed by atoms with Crippen LogP contribution in [0, 0.1) is 5.82 Å². The van der Waals surface area contributed by atoms with Gasteiger partial charge >= 0.3 is 0 Å². The number of hydrogen-bond acceptors (Lipinski definition) is 5. The lowest BCUT2D eigenvalue weighted by Crippen LogP contribution is -2.42. The van der Waals surface area contributed by atoms with Crippen LogP contribution in [0.25, 0.3) is 0 Å². The summed E-state index contributed by atoms with van der Waals surface area (Å²) in [6.07, 6.45) is -0.701. The number of para-hydroxylation sites is 1. The van der Waals surface area contributed by atoms with Gasteiger partial charge in [-0.05, 0) is 30.2 Å². The molecule has 0 bridgehead atoms. The number of rotatable bonds is 9. The summed E-state index contributed by atoms with van der Waals surface area (Å²) in [4.78, 5) is 24.0. The van der Waals surface area contributed by atoms with E-state index in [0.717, 1.165) is 11.6 Å². The molecule has 0 aromatic heterocycles. The number of aliphatic hydroxyl groups excluding tert-OH is 1. The minimum atomic E-state index is -0.829. The molecule has 0 saturated carbocycles. The summed E-state index contributed by atoms with van der Waals surface area (Å²) < 4.78 is 24.1. The van der Waals surface area contributed by atoms with Crippen molar-refractivity contribution in [1.29, 1.82) is 0 Å². The fraction of sp³-hybridized carbons (Fsp3) is 0.333. The van der Waals surface area contributed by atoms with Crippen molar-refractivity contribution in [2.45, 2.75) is 25.0 Å². The number of hydrogen-bond donors (Lipinski definition) is 3. The summed E-state index contributed by atoms with van der Waals surface area (Å²) in [7, 11) is 0. The first-order chi connectivity index (χ1) is 14.4. The lowest BCUT2D eigenvalue weighted by atomic mass is 10.1. The van der Waals surface area contributed by atoms with Crippen LogP contribution in [-0.4, -0.2) is 48.8 Å². The molecule has 0 fully saturated rings. The summed E-state index contributed by atoms with van der Waals surface area (Å²) in [5.74, 6) is -0.459. The number of carbonyl (C=O) groups excluding carboxylic acids is 2. The van der Waals surface area contributed by atoms with Crippen molar-refractivity contribution in [2.75, 3.05) is 19.7 Å². The summed E-state index contributed by atoms with van der Waals surface area (Å²) in [6, 6.07) is 11.3. The molecule has 2 unspecified atom stereocenters. The topological polar surface area (TPSA) is 96.9 Å². The van der Waals surface area contributed by atoms with Crippen molar-refractivity contribution in [2.24, 2.45) is 0 Å². The number of amides is 2. The monoisotopic (exact) mass is 436 g/mol. The van der Waals surface area contributed by atoms with Gasteiger partial charge in [0.05, 0.1) is 11.1 Å². The lowest BCUT2D eigenvalue weighted by molar-refractivity contribution is -0.128. The number of benzene rings is 2. The molecular weight excluding hydrogens is 415 g/mol. The third kappa shape index (κ3) is 6.08. The summed E-state index contributed by atoms with van der Waals surface area (Å²) >= 11 is 5.58. The smallest absolute Gasteiger partial charge is 0.261 e. The van der Waals surface area contributed by atoms with Crippen LogP contribution in [0.3, 0.4) is 0 Å². The minimum absolute atomic E-state index is 0.0306. The molecule has 1 heterocycles. The van der Waals surface area contributed by atoms with Crippen LogP contribution in [0.15, 0.2) is 42.5 Å². The lowest BCUT2D eigenvalue weighted by Gasteiger charge is -2.15. The Morgan fingerprint density at radius 1 is 1.27 bits per heavy atom. The van der Waals surface area contributed by atoms with E-state index in [1.165, 1.54) is 12.1 Å². The number of aliphatic hydroxyl groups is 1. The highest BCUT2D eigenvalue weighted by Gasteiger charge is 2.28. The molecule has 2 atom stereocenters. The highest BCUT2D eigenvalue weighted by Crippen LogP contribution is 2.28. The van der Waals surface area contributed by atoms with E-state index in [9.17, 15) is 19.1 Å². The molecule has 1 aliphatic heterocycles. The fourth-order valence-corrected chi connectivity index (χ4v) is 3.02. The number of nitrogens with one attached hydrogen (secondary N) is 2. The zero-order valence-corrected chi connectivity index (χ0v) is 16.8. The van der Waals surface area contributed by atoms with E-state index in [2.05, 4.69) is 10.6 Å². The van der Waals surface area contributed by atoms with Gasteiger partial charge in [-0.1, -0.05) is 29.8 Å². The average Bonchev–Trinajstić information content (AvgIpc) is 3.17. The Balaban J connectivity index is 1.29. The summed E-state index contributed by atoms with van der Waals surface area (Å²) in [5.41, 5.74) is 0.976. The molecule has 2 aromatic carbocycles. The Morgan fingerprint density at radius 2 is 2.07 bits per heavy atom. The molecule has 0 radical (unpaired) electrons. The Bertz CT molecular complexity index is 886. The fourth-order valence-electron chi connectivity index (χ4n) is 2.91. The van der Waals surface area contributed by atoms with Crippen molar-refractivity contribution < 1.29 is 28.6 Å². The van der Waals surface area contributed by atoms with Crippen LogP contribution >= 0.6 is 11.6 Å². The van der Waals surface area contributed by atoms with Gasteiger partial charge < -0.3 is 25.2 Å². The largest absolute Gasteiger partial charge is 0.484 e. The highest BCUT2D eigenvalue weighted by molar-refractivity contribution is 6.30. The second-order valence-electron chi connectivity index (χ2n) is 6.82. The molecule has 3 N–H and O–H groups in total. The van der Waals surface area contributed by atoms with Gasteiger partial charge in [0.25, 0.3) is 11.8 Å². The summed E-state index contributed by atoms with van der Waals surface area (Å²) in [6.45, 7) is -0.0570. The number of fused-ring (bicyclic) bond motifs is 1. The van der Waals surface area contributed by atoms with Crippen LogP contribution in [0.5, 0.6) is 11.5 Å². The van der Waals surface area contributed by atoms with Crippen molar-refractivity contribution in [3.63, 3.8) is 0 Å². The van der Waals surface area contributed by atoms with Gasteiger partial charge in [0, 0.05) is 25.6 Å². The first-order valence-electron chi connectivity index (χ1n) is 9.47. The molecule has 3 rings (SSSR count). The number of ether oxygens (including phenoxy) is 2. The standard InChI is InChI=1S/C21H22ClFN2O5/c22-16-6-5-15(10-17(16)23)29-12-20(27)24-8-7-14(26)11-25-21(28)19-9-13-3-1-2-4-18(13)30-19/h1-6,10,14,19,26H,7-9,11-12H2,(H,24,27)(H,25,28). The van der Waals surface area contributed by atoms with E-state index in [1.54, 1.807) is 0 Å². The van der Waals surface area contributed by atoms with Crippen molar-refractivity contribution in [3.8, 4) is 11.5 Å². The Labute approximate surface area is 178 Å². The molecule has 30 heavy (non-hydrogen) atoms. The maximum absolute atomic E-state index is 13.3. The van der Waals surface area contributed by atoms with Gasteiger partial charge in [0.2, 0.25) is 0 Å². The van der Waals surface area contributed by atoms with E-state index in [-0.39, 0.29) is 42.8 Å². The Kier molecular flexibility index (Phi) is 7.48. The minimum Gasteiger partial charge on any atom is -0.484 e. The normalized spacial score (nSPS) is 15.6. The molecule has 1 aliphatic rings. The molecule has 160 valence electrons. The third-order valence-corrected chi connectivity index (χ3v) is 4.82. The molecule has 9 heteroatoms. The molecule has 0 aliphatic carbocycles. The third-order valence-electron chi connectivity index (χ3n) is 4.51. The second kappa shape index (κ2) is 10.3. The average molecular weight is 437 g/mol. The predicted molar refractivity (Wildman–Crippen MR) is 108 cm³/mol. The van der Waals surface area contributed by atoms with Crippen LogP contribution in [0.1, 0.15) is 12.0 Å². The first-order valence-corrected chi connectivity index (χ1v) is 9.85. The number of carbonyl (C=O) groups is 2. The number of halogens is 2. The van der Waals surface area contributed by atoms with E-state index >= 15 is 0 Å². The highest BCUT2D eigenvalue weighted by atomic mass is 35.5. The molecular formula is C21H22ClFN2O5. The Morgan fingerprint density at radius 3 is 2.83 bits per heavy atom. The van der Waals surface area contributed by atoms with Gasteiger partial charge in [-0.15, -0.1) is 0 Å². The SMILES string of the molecule is O=C(COc1ccc(Cl)c(F)c1)NCCC(O)CNC(=O)C1Cc2ccccc2O1. The molecule has 2 aromatic rings. The van der Waals surface area contributed by atoms with E-state index < -0.39 is 23.9 Å². The van der Waals surface area contributed by atoms with Crippen molar-refractivity contribution in [3.05, 3.63) is 58.9 Å². The zero-order chi connectivity index (χ0) is 21.5. The summed E-state index contributed by atoms with van der Waals surface area (Å²) in [5, 5.41) is 15.2. The van der Waals surface area contributed by atoms with Gasteiger partial charge in [0.15, 0.2) is 12.7 Å². The van der Waals surface area contributed by atoms with Crippen molar-refractivity contribution >= 4 is 23.4 Å². The maximum atomic E-state index is 13.3. The second-order valence-corrected chi connectivity index (χ2v) is 7.23. The predicted octanol–water partition coefficient (Wildman–Crippen LogP) is 1.84. The molecule has 0 saturated heterocycles. The van der Waals surface area contributed by atoms with Crippen LogP contribution in [0.4, 0.5) is 4.39 Å². The van der Waals surface area contributed by atoms with Crippen LogP contribution in [0.2, 0.25) is 5.02 Å². The Hall–Kier alpha value is -2.84. The van der Waals surface area contributed by atoms with Gasteiger partial charge in [-0.25, -0.2) is 4.39 Å². The molecule has 0 spiro atoms. The molecule has 7 nitrogen and oxygen atoms in total. The van der Waals surface area contributed by atoms with E-state index in [4.69, 9.17) is 21.1 Å². The van der Waals surface area contributed by atoms with Crippen LogP contribution in [-0.2, 0) is 16.0 Å². The van der Waals surface area contributed by atoms with Gasteiger partial charge in [-0.2, -0.15) is 0 Å². The molecule has 2 amide bonds. The van der Waals surface area contributed by atoms with Crippen molar-refractivity contribution in [1.82, 2.24) is 10.6 Å². The van der Waals surface area contributed by atoms with Gasteiger partial charge in [0.1, 0.15) is 17.3 Å². The van der Waals surface area contributed by atoms with E-state index in [0.29, 0.717) is 12.2 Å². The van der Waals surface area contributed by atoms with Crippen LogP contribution < -0.4 is 20.1 Å². The van der Waals surface area contributed by atoms with Gasteiger partial charge in [-0.3, -0.25) is 9.59 Å². The quantitative estimate of drug-likeness (QED) is 0.557. The maximum Gasteiger partial charge on any atom is 0.261 e.